The Kier molecular flexibility index (Phi) is 5.08. The fourth-order valence-electron chi connectivity index (χ4n) is 11.0. The molecular weight excluding hydrogens is 512 g/mol. The van der Waals surface area contributed by atoms with Crippen LogP contribution >= 0.6 is 0 Å². The van der Waals surface area contributed by atoms with E-state index < -0.39 is 69.5 Å². The van der Waals surface area contributed by atoms with Crippen molar-refractivity contribution < 1.29 is 38.8 Å². The summed E-state index contributed by atoms with van der Waals surface area (Å²) in [4.78, 5) is 39.9. The van der Waals surface area contributed by atoms with Crippen LogP contribution in [0.4, 0.5) is 0 Å². The number of fused-ring (bicyclic) bond motifs is 6. The largest absolute Gasteiger partial charge is 0.462 e. The fraction of sp³-hybridized carbons (Fsp3) is 0.719. The van der Waals surface area contributed by atoms with E-state index in [4.69, 9.17) is 14.2 Å². The van der Waals surface area contributed by atoms with Gasteiger partial charge in [-0.25, -0.2) is 4.79 Å². The molecule has 2 aliphatic heterocycles. The lowest BCUT2D eigenvalue weighted by Gasteiger charge is -2.46. The van der Waals surface area contributed by atoms with Crippen LogP contribution in [0.3, 0.4) is 0 Å². The number of ether oxygens (including phenoxy) is 3. The van der Waals surface area contributed by atoms with E-state index in [2.05, 4.69) is 18.7 Å². The van der Waals surface area contributed by atoms with Gasteiger partial charge in [0.05, 0.1) is 22.5 Å². The molecule has 2 saturated heterocycles. The molecule has 13 atom stereocenters. The Bertz CT molecular complexity index is 1310. The Hall–Kier alpha value is -2.45. The van der Waals surface area contributed by atoms with Crippen LogP contribution in [0, 0.1) is 45.8 Å². The highest BCUT2D eigenvalue weighted by Crippen LogP contribution is 2.80. The molecule has 216 valence electrons. The quantitative estimate of drug-likeness (QED) is 0.220. The molecule has 0 aromatic rings. The highest BCUT2D eigenvalue weighted by Gasteiger charge is 2.84. The first-order valence-corrected chi connectivity index (χ1v) is 14.7. The van der Waals surface area contributed by atoms with Gasteiger partial charge in [-0.3, -0.25) is 9.59 Å². The lowest BCUT2D eigenvalue weighted by molar-refractivity contribution is -0.165. The van der Waals surface area contributed by atoms with Crippen LogP contribution in [-0.4, -0.2) is 57.6 Å². The first-order valence-electron chi connectivity index (χ1n) is 14.7. The van der Waals surface area contributed by atoms with Crippen LogP contribution in [-0.2, 0) is 28.6 Å². The SMILES string of the molecule is C=C1C(=O)O[C@@H]2[C@@H]3[C@@]4(C=C[C@@]3(C)[C@]3(C4)C(=O)O[C@@H]4[C@H]5C(C)=CC[C@H]5[C@](C)(O)CC(OC(C)=O)[C@H]43)[C@](C)(O)CC[C@@H]12. The molecule has 0 amide bonds. The van der Waals surface area contributed by atoms with Gasteiger partial charge < -0.3 is 24.4 Å². The number of esters is 3. The molecule has 8 heteroatoms. The van der Waals surface area contributed by atoms with E-state index in [1.165, 1.54) is 6.92 Å². The van der Waals surface area contributed by atoms with Crippen molar-refractivity contribution in [2.45, 2.75) is 96.2 Å². The molecule has 0 aromatic heterocycles. The van der Waals surface area contributed by atoms with Crippen molar-refractivity contribution in [1.82, 2.24) is 0 Å². The first kappa shape index (κ1) is 26.4. The van der Waals surface area contributed by atoms with E-state index in [-0.39, 0.29) is 36.6 Å². The third-order valence-corrected chi connectivity index (χ3v) is 12.8. The second-order valence-electron chi connectivity index (χ2n) is 14.5. The Morgan fingerprint density at radius 1 is 1.12 bits per heavy atom. The van der Waals surface area contributed by atoms with Crippen molar-refractivity contribution in [1.29, 1.82) is 0 Å². The van der Waals surface area contributed by atoms with Gasteiger partial charge in [-0.05, 0) is 46.5 Å². The van der Waals surface area contributed by atoms with Crippen LogP contribution in [0.1, 0.15) is 66.7 Å². The fourth-order valence-corrected chi connectivity index (χ4v) is 11.0. The average molecular weight is 553 g/mol. The highest BCUT2D eigenvalue weighted by atomic mass is 16.6. The minimum atomic E-state index is -1.19. The summed E-state index contributed by atoms with van der Waals surface area (Å²) >= 11 is 0. The predicted molar refractivity (Wildman–Crippen MR) is 142 cm³/mol. The maximum Gasteiger partial charge on any atom is 0.334 e. The zero-order chi connectivity index (χ0) is 28.8. The Balaban J connectivity index is 1.45. The maximum absolute atomic E-state index is 14.5. The molecular formula is C32H40O8. The second-order valence-corrected chi connectivity index (χ2v) is 14.5. The van der Waals surface area contributed by atoms with Gasteiger partial charge in [0.1, 0.15) is 18.3 Å². The molecule has 0 aromatic carbocycles. The van der Waals surface area contributed by atoms with Crippen LogP contribution in [0.15, 0.2) is 36.0 Å². The number of hydrogen-bond acceptors (Lipinski definition) is 8. The van der Waals surface area contributed by atoms with E-state index in [1.807, 2.05) is 26.8 Å². The van der Waals surface area contributed by atoms with Crippen LogP contribution < -0.4 is 0 Å². The summed E-state index contributed by atoms with van der Waals surface area (Å²) in [5, 5.41) is 24.0. The molecule has 1 spiro atoms. The molecule has 2 heterocycles. The van der Waals surface area contributed by atoms with Gasteiger partial charge in [-0.1, -0.05) is 37.3 Å². The summed E-state index contributed by atoms with van der Waals surface area (Å²) in [6.45, 7) is 13.1. The van der Waals surface area contributed by atoms with E-state index >= 15 is 0 Å². The molecule has 2 bridgehead atoms. The second kappa shape index (κ2) is 7.68. The molecule has 7 rings (SSSR count). The van der Waals surface area contributed by atoms with E-state index in [1.54, 1.807) is 6.92 Å². The smallest absolute Gasteiger partial charge is 0.334 e. The summed E-state index contributed by atoms with van der Waals surface area (Å²) in [5.41, 5.74) is -3.74. The minimum absolute atomic E-state index is 0.180. The summed E-state index contributed by atoms with van der Waals surface area (Å²) in [7, 11) is 0. The van der Waals surface area contributed by atoms with Crippen LogP contribution in [0.2, 0.25) is 0 Å². The zero-order valence-corrected chi connectivity index (χ0v) is 23.9. The number of carbonyl (C=O) groups excluding carboxylic acids is 3. The number of rotatable bonds is 1. The molecule has 7 aliphatic rings. The number of aliphatic hydroxyl groups is 2. The standard InChI is InChI=1S/C32H40O8/c1-15-7-8-19-21(15)24-22(20(38-17(3)33)13-29(19,5)36)32(27(35)40-24)14-31-12-11-28(32,4)25(31)23-18(9-10-30(31,6)37)16(2)26(34)39-23/h7,11-12,18-25,36-37H,2,8-10,13-14H2,1,3-6H3/t18-,19+,20?,21-,22+,23-,24+,25-,28+,29+,30+,31-,32-/m0/s1. The van der Waals surface area contributed by atoms with Crippen LogP contribution in [0.5, 0.6) is 0 Å². The Labute approximate surface area is 234 Å². The van der Waals surface area contributed by atoms with Gasteiger partial charge in [-0.2, -0.15) is 0 Å². The van der Waals surface area contributed by atoms with Crippen molar-refractivity contribution in [3.8, 4) is 0 Å². The molecule has 8 nitrogen and oxygen atoms in total. The third kappa shape index (κ3) is 2.83. The predicted octanol–water partition coefficient (Wildman–Crippen LogP) is 3.41. The minimum Gasteiger partial charge on any atom is -0.462 e. The molecule has 0 radical (unpaired) electrons. The summed E-state index contributed by atoms with van der Waals surface area (Å²) < 4.78 is 18.5. The number of allylic oxidation sites excluding steroid dienone is 2. The highest BCUT2D eigenvalue weighted by molar-refractivity contribution is 5.91. The van der Waals surface area contributed by atoms with Gasteiger partial charge in [0.15, 0.2) is 0 Å². The average Bonchev–Trinajstić information content (AvgIpc) is 3.56. The van der Waals surface area contributed by atoms with Crippen molar-refractivity contribution in [3.63, 3.8) is 0 Å². The first-order chi connectivity index (χ1) is 18.6. The molecule has 5 aliphatic carbocycles. The molecule has 40 heavy (non-hydrogen) atoms. The van der Waals surface area contributed by atoms with Crippen molar-refractivity contribution in [3.05, 3.63) is 36.0 Å². The maximum atomic E-state index is 14.5. The lowest BCUT2D eigenvalue weighted by atomic mass is 9.54. The van der Waals surface area contributed by atoms with E-state index in [0.29, 0.717) is 24.8 Å². The van der Waals surface area contributed by atoms with Crippen LogP contribution in [0.25, 0.3) is 0 Å². The van der Waals surface area contributed by atoms with Gasteiger partial charge in [0, 0.05) is 53.4 Å². The topological polar surface area (TPSA) is 119 Å². The van der Waals surface area contributed by atoms with Crippen molar-refractivity contribution >= 4 is 17.9 Å². The lowest BCUT2D eigenvalue weighted by Crippen LogP contribution is -2.53. The Morgan fingerprint density at radius 2 is 1.85 bits per heavy atom. The van der Waals surface area contributed by atoms with E-state index in [9.17, 15) is 24.6 Å². The van der Waals surface area contributed by atoms with Gasteiger partial charge in [0.25, 0.3) is 0 Å². The number of hydrogen-bond donors (Lipinski definition) is 2. The Morgan fingerprint density at radius 3 is 2.55 bits per heavy atom. The van der Waals surface area contributed by atoms with Gasteiger partial charge in [0.2, 0.25) is 0 Å². The summed E-state index contributed by atoms with van der Waals surface area (Å²) in [6.07, 6.45) is 6.43. The van der Waals surface area contributed by atoms with Crippen molar-refractivity contribution in [2.24, 2.45) is 45.8 Å². The van der Waals surface area contributed by atoms with Gasteiger partial charge in [-0.15, -0.1) is 0 Å². The third-order valence-electron chi connectivity index (χ3n) is 12.8. The van der Waals surface area contributed by atoms with Gasteiger partial charge >= 0.3 is 17.9 Å². The molecule has 3 saturated carbocycles. The molecule has 2 N–H and O–H groups in total. The normalized spacial score (nSPS) is 55.6. The zero-order valence-electron chi connectivity index (χ0n) is 23.9. The molecule has 5 fully saturated rings. The number of carbonyl (C=O) groups is 3. The molecule has 1 unspecified atom stereocenters. The van der Waals surface area contributed by atoms with E-state index in [0.717, 1.165) is 5.57 Å². The summed E-state index contributed by atoms with van der Waals surface area (Å²) in [5.74, 6) is -2.84. The summed E-state index contributed by atoms with van der Waals surface area (Å²) in [6, 6.07) is 0. The van der Waals surface area contributed by atoms with Crippen molar-refractivity contribution in [2.75, 3.05) is 0 Å². The monoisotopic (exact) mass is 552 g/mol.